The molecule has 1 aliphatic heterocycles. The molecule has 29 heavy (non-hydrogen) atoms. The summed E-state index contributed by atoms with van der Waals surface area (Å²) in [5.74, 6) is 0.506. The number of para-hydroxylation sites is 1. The first kappa shape index (κ1) is 19.4. The van der Waals surface area contributed by atoms with Crippen LogP contribution >= 0.6 is 11.6 Å². The summed E-state index contributed by atoms with van der Waals surface area (Å²) in [6.45, 7) is 0. The van der Waals surface area contributed by atoms with Gasteiger partial charge in [0.2, 0.25) is 10.0 Å². The molecule has 0 spiro atoms. The summed E-state index contributed by atoms with van der Waals surface area (Å²) in [4.78, 5) is 12.1. The highest BCUT2D eigenvalue weighted by molar-refractivity contribution is 7.89. The number of sulfonamides is 1. The molecule has 1 aliphatic rings. The van der Waals surface area contributed by atoms with Gasteiger partial charge in [0.1, 0.15) is 17.8 Å². The molecule has 2 N–H and O–H groups in total. The minimum absolute atomic E-state index is 0.00181. The fourth-order valence-electron chi connectivity index (χ4n) is 3.38. The molecule has 146 valence electrons. The molecule has 0 bridgehead atoms. The molecule has 0 radical (unpaired) electrons. The minimum atomic E-state index is -3.81. The van der Waals surface area contributed by atoms with Gasteiger partial charge < -0.3 is 9.53 Å². The quantitative estimate of drug-likeness (QED) is 0.633. The van der Waals surface area contributed by atoms with Crippen molar-refractivity contribution in [3.05, 3.63) is 94.5 Å². The number of nitrogens with two attached hydrogens (primary N) is 1. The Morgan fingerprint density at radius 3 is 2.14 bits per heavy atom. The van der Waals surface area contributed by atoms with Crippen LogP contribution in [-0.2, 0) is 14.8 Å². The highest BCUT2D eigenvalue weighted by Crippen LogP contribution is 2.45. The molecule has 4 rings (SSSR count). The molecule has 0 aromatic heterocycles. The van der Waals surface area contributed by atoms with Crippen molar-refractivity contribution in [2.75, 3.05) is 0 Å². The predicted octanol–water partition coefficient (Wildman–Crippen LogP) is 4.23. The van der Waals surface area contributed by atoms with Crippen LogP contribution in [0.4, 0.5) is 0 Å². The lowest BCUT2D eigenvalue weighted by atomic mass is 9.83. The third-order valence-electron chi connectivity index (χ3n) is 4.76. The van der Waals surface area contributed by atoms with E-state index in [0.717, 1.165) is 17.4 Å². The zero-order chi connectivity index (χ0) is 20.6. The van der Waals surface area contributed by atoms with E-state index < -0.39 is 15.9 Å². The Morgan fingerprint density at radius 2 is 1.52 bits per heavy atom. The van der Waals surface area contributed by atoms with Crippen LogP contribution in [0.5, 0.6) is 5.75 Å². The predicted molar refractivity (Wildman–Crippen MR) is 112 cm³/mol. The number of carbonyl (C=O) groups excluding carboxylic acids is 1. The topological polar surface area (TPSA) is 86.5 Å². The van der Waals surface area contributed by atoms with E-state index in [1.807, 2.05) is 30.3 Å². The highest BCUT2D eigenvalue weighted by atomic mass is 35.5. The Labute approximate surface area is 173 Å². The maximum atomic E-state index is 12.1. The number of ether oxygens (including phenoxy) is 1. The molecule has 0 aliphatic carbocycles. The number of hydrogen-bond donors (Lipinski definition) is 1. The summed E-state index contributed by atoms with van der Waals surface area (Å²) in [6.07, 6.45) is 0.879. The van der Waals surface area contributed by atoms with Gasteiger partial charge in [-0.1, -0.05) is 41.9 Å². The number of halogens is 1. The van der Waals surface area contributed by atoms with Gasteiger partial charge in [-0.3, -0.25) is 0 Å². The van der Waals surface area contributed by atoms with Gasteiger partial charge in [-0.05, 0) is 48.0 Å². The Bertz CT molecular complexity index is 1220. The molecule has 3 aromatic rings. The second-order valence-electron chi connectivity index (χ2n) is 6.57. The monoisotopic (exact) mass is 425 g/mol. The lowest BCUT2D eigenvalue weighted by Crippen LogP contribution is -2.16. The first-order chi connectivity index (χ1) is 13.9. The molecular formula is C22H16ClNO4S. The number of allylic oxidation sites excluding steroid dienone is 1. The molecule has 0 saturated heterocycles. The lowest BCUT2D eigenvalue weighted by Gasteiger charge is -2.28. The van der Waals surface area contributed by atoms with Crippen molar-refractivity contribution < 1.29 is 17.9 Å². The molecule has 7 heteroatoms. The van der Waals surface area contributed by atoms with Gasteiger partial charge in [-0.25, -0.2) is 13.6 Å². The van der Waals surface area contributed by atoms with Gasteiger partial charge in [-0.2, -0.15) is 0 Å². The maximum absolute atomic E-state index is 12.1. The third kappa shape index (κ3) is 3.70. The molecule has 1 unspecified atom stereocenters. The van der Waals surface area contributed by atoms with Crippen LogP contribution < -0.4 is 9.88 Å². The van der Waals surface area contributed by atoms with Crippen LogP contribution in [-0.4, -0.2) is 14.7 Å². The first-order valence-corrected chi connectivity index (χ1v) is 10.7. The van der Waals surface area contributed by atoms with Crippen LogP contribution in [0, 0.1) is 0 Å². The van der Waals surface area contributed by atoms with E-state index in [4.69, 9.17) is 21.5 Å². The van der Waals surface area contributed by atoms with Crippen molar-refractivity contribution >= 4 is 39.2 Å². The summed E-state index contributed by atoms with van der Waals surface area (Å²) in [5.41, 5.74) is 2.85. The summed E-state index contributed by atoms with van der Waals surface area (Å²) >= 11 is 6.03. The van der Waals surface area contributed by atoms with E-state index in [0.29, 0.717) is 27.7 Å². The Balaban J connectivity index is 1.94. The number of benzene rings is 3. The maximum Gasteiger partial charge on any atom is 0.238 e. The zero-order valence-corrected chi connectivity index (χ0v) is 16.7. The SMILES string of the molecule is NS(=O)(=O)c1ccc(C2=C(c3ccc(Cl)cc3)C(C=O)c3ccccc3O2)cc1. The molecule has 5 nitrogen and oxygen atoms in total. The van der Waals surface area contributed by atoms with E-state index >= 15 is 0 Å². The van der Waals surface area contributed by atoms with Gasteiger partial charge in [0.05, 0.1) is 10.8 Å². The Hall–Kier alpha value is -2.93. The molecular weight excluding hydrogens is 410 g/mol. The van der Waals surface area contributed by atoms with Gasteiger partial charge in [0, 0.05) is 21.7 Å². The van der Waals surface area contributed by atoms with Crippen LogP contribution in [0.15, 0.2) is 77.7 Å². The number of fused-ring (bicyclic) bond motifs is 1. The van der Waals surface area contributed by atoms with E-state index in [9.17, 15) is 13.2 Å². The van der Waals surface area contributed by atoms with Crippen molar-refractivity contribution in [2.45, 2.75) is 10.8 Å². The number of hydrogen-bond acceptors (Lipinski definition) is 4. The molecule has 1 heterocycles. The van der Waals surface area contributed by atoms with Crippen molar-refractivity contribution in [3.63, 3.8) is 0 Å². The van der Waals surface area contributed by atoms with Crippen LogP contribution in [0.25, 0.3) is 11.3 Å². The van der Waals surface area contributed by atoms with Crippen LogP contribution in [0.3, 0.4) is 0 Å². The summed E-state index contributed by atoms with van der Waals surface area (Å²) in [6, 6.07) is 20.5. The second kappa shape index (κ2) is 7.48. The van der Waals surface area contributed by atoms with E-state index in [1.165, 1.54) is 12.1 Å². The van der Waals surface area contributed by atoms with Crippen molar-refractivity contribution in [3.8, 4) is 5.75 Å². The normalized spacial score (nSPS) is 16.1. The van der Waals surface area contributed by atoms with E-state index in [2.05, 4.69) is 0 Å². The number of rotatable bonds is 4. The van der Waals surface area contributed by atoms with Crippen molar-refractivity contribution in [2.24, 2.45) is 5.14 Å². The Morgan fingerprint density at radius 1 is 0.897 bits per heavy atom. The highest BCUT2D eigenvalue weighted by Gasteiger charge is 2.31. The smallest absolute Gasteiger partial charge is 0.238 e. The van der Waals surface area contributed by atoms with Crippen LogP contribution in [0.2, 0.25) is 5.02 Å². The molecule has 0 amide bonds. The number of primary sulfonamides is 1. The summed E-state index contributed by atoms with van der Waals surface area (Å²) < 4.78 is 29.3. The van der Waals surface area contributed by atoms with Gasteiger partial charge in [0.25, 0.3) is 0 Å². The van der Waals surface area contributed by atoms with Crippen molar-refractivity contribution in [1.29, 1.82) is 0 Å². The second-order valence-corrected chi connectivity index (χ2v) is 8.57. The average Bonchev–Trinajstić information content (AvgIpc) is 2.72. The molecule has 3 aromatic carbocycles. The summed E-state index contributed by atoms with van der Waals surface area (Å²) in [5, 5.41) is 5.77. The fourth-order valence-corrected chi connectivity index (χ4v) is 4.03. The third-order valence-corrected chi connectivity index (χ3v) is 5.94. The lowest BCUT2D eigenvalue weighted by molar-refractivity contribution is -0.108. The van der Waals surface area contributed by atoms with Gasteiger partial charge in [-0.15, -0.1) is 0 Å². The minimum Gasteiger partial charge on any atom is -0.456 e. The molecule has 0 fully saturated rings. The fraction of sp³-hybridized carbons (Fsp3) is 0.0455. The van der Waals surface area contributed by atoms with Gasteiger partial charge >= 0.3 is 0 Å². The number of aldehydes is 1. The molecule has 0 saturated carbocycles. The van der Waals surface area contributed by atoms with Crippen molar-refractivity contribution in [1.82, 2.24) is 0 Å². The largest absolute Gasteiger partial charge is 0.456 e. The summed E-state index contributed by atoms with van der Waals surface area (Å²) in [7, 11) is -3.81. The molecule has 1 atom stereocenters. The van der Waals surface area contributed by atoms with Gasteiger partial charge in [0.15, 0.2) is 0 Å². The van der Waals surface area contributed by atoms with E-state index in [-0.39, 0.29) is 4.90 Å². The standard InChI is InChI=1S/C22H16ClNO4S/c23-16-9-5-14(6-10-16)21-19(13-25)18-3-1-2-4-20(18)28-22(21)15-7-11-17(12-8-15)29(24,26)27/h1-13,19H,(H2,24,26,27). The van der Waals surface area contributed by atoms with Crippen LogP contribution in [0.1, 0.15) is 22.6 Å². The first-order valence-electron chi connectivity index (χ1n) is 8.74. The number of carbonyl (C=O) groups is 1. The average molecular weight is 426 g/mol. The Kier molecular flexibility index (Phi) is 5.00. The zero-order valence-electron chi connectivity index (χ0n) is 15.1. The van der Waals surface area contributed by atoms with E-state index in [1.54, 1.807) is 30.3 Å².